The zero-order valence-corrected chi connectivity index (χ0v) is 19.0. The number of fused-ring (bicyclic) bond motifs is 1. The fourth-order valence-corrected chi connectivity index (χ4v) is 4.07. The minimum Gasteiger partial charge on any atom is -0.506 e. The van der Waals surface area contributed by atoms with Crippen LogP contribution in [0.4, 0.5) is 10.6 Å². The summed E-state index contributed by atoms with van der Waals surface area (Å²) in [5.41, 5.74) is 0.219. The first-order valence-electron chi connectivity index (χ1n) is 11.3. The maximum atomic E-state index is 12.0. The van der Waals surface area contributed by atoms with E-state index in [4.69, 9.17) is 19.2 Å². The molecular formula is C23H32N4O5. The van der Waals surface area contributed by atoms with Gasteiger partial charge in [0.15, 0.2) is 0 Å². The van der Waals surface area contributed by atoms with Crippen molar-refractivity contribution in [3.05, 3.63) is 18.3 Å². The first kappa shape index (κ1) is 22.4. The van der Waals surface area contributed by atoms with E-state index in [1.165, 1.54) is 6.20 Å². The molecule has 2 aromatic heterocycles. The van der Waals surface area contributed by atoms with E-state index in [9.17, 15) is 9.90 Å². The highest BCUT2D eigenvalue weighted by Gasteiger charge is 2.27. The number of alkyl carbamates (subject to hydrolysis) is 1. The Balaban J connectivity index is 1.44. The summed E-state index contributed by atoms with van der Waals surface area (Å²) in [6.45, 7) is 8.40. The number of carbonyl (C=O) groups is 1. The van der Waals surface area contributed by atoms with Crippen molar-refractivity contribution >= 4 is 22.8 Å². The van der Waals surface area contributed by atoms with Crippen molar-refractivity contribution in [1.29, 1.82) is 0 Å². The lowest BCUT2D eigenvalue weighted by molar-refractivity contribution is 0.0470. The first-order chi connectivity index (χ1) is 15.3. The van der Waals surface area contributed by atoms with Crippen LogP contribution in [0.15, 0.2) is 18.3 Å². The highest BCUT2D eigenvalue weighted by molar-refractivity contribution is 5.86. The number of aromatic hydroxyl groups is 1. The fourth-order valence-electron chi connectivity index (χ4n) is 4.07. The molecule has 0 radical (unpaired) electrons. The van der Waals surface area contributed by atoms with Gasteiger partial charge in [0.1, 0.15) is 23.3 Å². The van der Waals surface area contributed by atoms with E-state index >= 15 is 0 Å². The molecule has 0 unspecified atom stereocenters. The molecule has 2 fully saturated rings. The number of rotatable bonds is 4. The molecule has 9 nitrogen and oxygen atoms in total. The van der Waals surface area contributed by atoms with Crippen LogP contribution in [0.3, 0.4) is 0 Å². The maximum absolute atomic E-state index is 12.0. The fraction of sp³-hybridized carbons (Fsp3) is 0.609. The van der Waals surface area contributed by atoms with Crippen molar-refractivity contribution in [1.82, 2.24) is 15.3 Å². The zero-order valence-electron chi connectivity index (χ0n) is 19.0. The number of ether oxygens (including phenoxy) is 3. The number of amides is 1. The Morgan fingerprint density at radius 3 is 2.59 bits per heavy atom. The number of carbonyl (C=O) groups excluding carboxylic acids is 1. The van der Waals surface area contributed by atoms with E-state index in [-0.39, 0.29) is 24.0 Å². The minimum absolute atomic E-state index is 0.0234. The number of aromatic nitrogens is 2. The quantitative estimate of drug-likeness (QED) is 0.739. The zero-order chi connectivity index (χ0) is 22.7. The summed E-state index contributed by atoms with van der Waals surface area (Å²) in [7, 11) is 0. The molecule has 1 aliphatic heterocycles. The van der Waals surface area contributed by atoms with Crippen LogP contribution in [0.1, 0.15) is 46.5 Å². The van der Waals surface area contributed by atoms with Crippen molar-refractivity contribution in [2.24, 2.45) is 0 Å². The Hall–Kier alpha value is -2.81. The lowest BCUT2D eigenvalue weighted by atomic mass is 9.93. The third-order valence-corrected chi connectivity index (χ3v) is 5.62. The van der Waals surface area contributed by atoms with Crippen molar-refractivity contribution in [2.75, 3.05) is 31.2 Å². The normalized spacial score (nSPS) is 21.9. The summed E-state index contributed by atoms with van der Waals surface area (Å²) in [5, 5.41) is 13.6. The molecule has 4 rings (SSSR count). The molecule has 1 saturated heterocycles. The number of hydrogen-bond donors (Lipinski definition) is 2. The largest absolute Gasteiger partial charge is 0.506 e. The lowest BCUT2D eigenvalue weighted by Gasteiger charge is -2.31. The van der Waals surface area contributed by atoms with E-state index in [0.717, 1.165) is 50.1 Å². The molecule has 1 aliphatic carbocycles. The molecule has 2 aromatic rings. The van der Waals surface area contributed by atoms with Crippen molar-refractivity contribution in [3.8, 4) is 11.6 Å². The van der Waals surface area contributed by atoms with E-state index in [2.05, 4.69) is 15.2 Å². The van der Waals surface area contributed by atoms with E-state index in [1.807, 2.05) is 26.8 Å². The van der Waals surface area contributed by atoms with Crippen LogP contribution in [-0.2, 0) is 9.47 Å². The summed E-state index contributed by atoms with van der Waals surface area (Å²) in [6.07, 6.45) is 4.21. The Bertz CT molecular complexity index is 947. The standard InChI is InChI=1S/C23H32N4O5/c1-23(2,3)32-22(29)25-15-4-6-17(7-5-15)31-21-18-12-16(28)14-24-19(18)13-20(26-21)27-8-10-30-11-9-27/h12-15,17,28H,4-11H2,1-3H3,(H,25,29). The van der Waals surface area contributed by atoms with Gasteiger partial charge >= 0.3 is 6.09 Å². The summed E-state index contributed by atoms with van der Waals surface area (Å²) in [4.78, 5) is 23.4. The highest BCUT2D eigenvalue weighted by atomic mass is 16.6. The minimum atomic E-state index is -0.512. The van der Waals surface area contributed by atoms with Crippen LogP contribution in [0.5, 0.6) is 11.6 Å². The second-order valence-corrected chi connectivity index (χ2v) is 9.38. The molecule has 32 heavy (non-hydrogen) atoms. The van der Waals surface area contributed by atoms with Crippen molar-refractivity contribution in [3.63, 3.8) is 0 Å². The Morgan fingerprint density at radius 1 is 1.19 bits per heavy atom. The summed E-state index contributed by atoms with van der Waals surface area (Å²) in [5.74, 6) is 1.36. The Kier molecular flexibility index (Phi) is 6.55. The van der Waals surface area contributed by atoms with Crippen molar-refractivity contribution in [2.45, 2.75) is 64.2 Å². The van der Waals surface area contributed by atoms with Gasteiger partial charge in [-0.05, 0) is 52.5 Å². The summed E-state index contributed by atoms with van der Waals surface area (Å²) in [6, 6.07) is 3.64. The average Bonchev–Trinajstić information content (AvgIpc) is 2.74. The SMILES string of the molecule is CC(C)(C)OC(=O)NC1CCC(Oc2nc(N3CCOCC3)cc3ncc(O)cc23)CC1. The van der Waals surface area contributed by atoms with Gasteiger partial charge in [0.05, 0.1) is 30.3 Å². The molecule has 1 amide bonds. The molecule has 9 heteroatoms. The molecule has 3 heterocycles. The second kappa shape index (κ2) is 9.36. The van der Waals surface area contributed by atoms with Gasteiger partial charge in [0.25, 0.3) is 0 Å². The average molecular weight is 445 g/mol. The van der Waals surface area contributed by atoms with Crippen LogP contribution in [0, 0.1) is 0 Å². The van der Waals surface area contributed by atoms with Crippen molar-refractivity contribution < 1.29 is 24.1 Å². The topological polar surface area (TPSA) is 106 Å². The van der Waals surface area contributed by atoms with E-state index in [1.54, 1.807) is 6.07 Å². The van der Waals surface area contributed by atoms with Gasteiger partial charge in [-0.2, -0.15) is 4.98 Å². The summed E-state index contributed by atoms with van der Waals surface area (Å²) < 4.78 is 17.1. The van der Waals surface area contributed by atoms with Gasteiger partial charge in [0, 0.05) is 25.2 Å². The molecule has 174 valence electrons. The predicted octanol–water partition coefficient (Wildman–Crippen LogP) is 3.39. The summed E-state index contributed by atoms with van der Waals surface area (Å²) >= 11 is 0. The van der Waals surface area contributed by atoms with Crippen LogP contribution < -0.4 is 15.0 Å². The molecular weight excluding hydrogens is 412 g/mol. The predicted molar refractivity (Wildman–Crippen MR) is 120 cm³/mol. The van der Waals surface area contributed by atoms with Crippen LogP contribution >= 0.6 is 0 Å². The molecule has 1 saturated carbocycles. The molecule has 0 aromatic carbocycles. The number of nitrogens with one attached hydrogen (secondary N) is 1. The monoisotopic (exact) mass is 444 g/mol. The molecule has 0 spiro atoms. The maximum Gasteiger partial charge on any atom is 0.407 e. The van der Waals surface area contributed by atoms with Crippen LogP contribution in [0.25, 0.3) is 10.9 Å². The lowest BCUT2D eigenvalue weighted by Crippen LogP contribution is -2.42. The highest BCUT2D eigenvalue weighted by Crippen LogP contribution is 2.32. The van der Waals surface area contributed by atoms with Gasteiger partial charge in [-0.25, -0.2) is 4.79 Å². The molecule has 0 atom stereocenters. The molecule has 0 bridgehead atoms. The van der Waals surface area contributed by atoms with Gasteiger partial charge in [0.2, 0.25) is 5.88 Å². The van der Waals surface area contributed by atoms with E-state index in [0.29, 0.717) is 24.5 Å². The van der Waals surface area contributed by atoms with Crippen LogP contribution in [0.2, 0.25) is 0 Å². The van der Waals surface area contributed by atoms with Gasteiger partial charge in [-0.3, -0.25) is 4.98 Å². The van der Waals surface area contributed by atoms with Crippen LogP contribution in [-0.4, -0.2) is 65.2 Å². The smallest absolute Gasteiger partial charge is 0.407 e. The van der Waals surface area contributed by atoms with E-state index < -0.39 is 5.60 Å². The van der Waals surface area contributed by atoms with Gasteiger partial charge < -0.3 is 29.5 Å². The number of pyridine rings is 2. The number of anilines is 1. The number of hydrogen-bond acceptors (Lipinski definition) is 8. The number of morpholine rings is 1. The van der Waals surface area contributed by atoms with Gasteiger partial charge in [-0.1, -0.05) is 0 Å². The van der Waals surface area contributed by atoms with Gasteiger partial charge in [-0.15, -0.1) is 0 Å². The second-order valence-electron chi connectivity index (χ2n) is 9.38. The first-order valence-corrected chi connectivity index (χ1v) is 11.3. The third-order valence-electron chi connectivity index (χ3n) is 5.62. The molecule has 2 N–H and O–H groups in total. The molecule has 2 aliphatic rings. The number of nitrogens with zero attached hydrogens (tertiary/aromatic N) is 3. The Morgan fingerprint density at radius 2 is 1.91 bits per heavy atom. The third kappa shape index (κ3) is 5.70. The Labute approximate surface area is 188 Å².